The molecule has 1 N–H and O–H groups in total. The number of nitrogens with one attached hydrogen (secondary N) is 1. The van der Waals surface area contributed by atoms with Crippen LogP contribution in [-0.4, -0.2) is 23.9 Å². The lowest BCUT2D eigenvalue weighted by Crippen LogP contribution is -2.40. The Morgan fingerprint density at radius 2 is 1.85 bits per heavy atom. The monoisotopic (exact) mass is 354 g/mol. The number of hydrogen-bond acceptors (Lipinski definition) is 2. The molecule has 1 saturated heterocycles. The minimum atomic E-state index is -0.215. The molecule has 0 saturated carbocycles. The van der Waals surface area contributed by atoms with E-state index in [4.69, 9.17) is 0 Å². The van der Waals surface area contributed by atoms with Crippen molar-refractivity contribution in [1.82, 2.24) is 4.90 Å². The van der Waals surface area contributed by atoms with E-state index in [2.05, 4.69) is 36.2 Å². The third-order valence-corrected chi connectivity index (χ3v) is 5.04. The maximum absolute atomic E-state index is 13.0. The summed E-state index contributed by atoms with van der Waals surface area (Å²) < 4.78 is 13.0. The Bertz CT molecular complexity index is 725. The zero-order valence-electron chi connectivity index (χ0n) is 15.5. The first-order valence-electron chi connectivity index (χ1n) is 9.39. The predicted octanol–water partition coefficient (Wildman–Crippen LogP) is 4.80. The molecule has 3 nitrogen and oxygen atoms in total. The van der Waals surface area contributed by atoms with Gasteiger partial charge in [-0.05, 0) is 60.7 Å². The number of piperidine rings is 1. The van der Waals surface area contributed by atoms with Crippen LogP contribution in [0.4, 0.5) is 10.1 Å². The van der Waals surface area contributed by atoms with E-state index < -0.39 is 0 Å². The zero-order valence-corrected chi connectivity index (χ0v) is 15.5. The van der Waals surface area contributed by atoms with Crippen LogP contribution in [0.25, 0.3) is 0 Å². The van der Waals surface area contributed by atoms with Crippen LogP contribution in [0.3, 0.4) is 0 Å². The van der Waals surface area contributed by atoms with Crippen LogP contribution in [0.1, 0.15) is 43.7 Å². The molecule has 1 atom stereocenters. The van der Waals surface area contributed by atoms with Gasteiger partial charge in [0.05, 0.1) is 5.92 Å². The second-order valence-electron chi connectivity index (χ2n) is 7.47. The van der Waals surface area contributed by atoms with Crippen molar-refractivity contribution >= 4 is 11.6 Å². The van der Waals surface area contributed by atoms with Crippen molar-refractivity contribution in [3.8, 4) is 0 Å². The van der Waals surface area contributed by atoms with E-state index in [1.807, 2.05) is 24.3 Å². The number of carbonyl (C=O) groups excluding carboxylic acids is 1. The normalized spacial score (nSPS) is 18.1. The van der Waals surface area contributed by atoms with Crippen LogP contribution in [-0.2, 0) is 11.3 Å². The summed E-state index contributed by atoms with van der Waals surface area (Å²) in [6, 6.07) is 14.7. The van der Waals surface area contributed by atoms with Gasteiger partial charge in [-0.15, -0.1) is 0 Å². The number of hydrogen-bond donors (Lipinski definition) is 1. The number of carbonyl (C=O) groups is 1. The molecule has 1 aliphatic rings. The second-order valence-corrected chi connectivity index (χ2v) is 7.47. The van der Waals surface area contributed by atoms with Crippen molar-refractivity contribution in [2.45, 2.75) is 39.2 Å². The van der Waals surface area contributed by atoms with Gasteiger partial charge in [0.1, 0.15) is 5.82 Å². The highest BCUT2D eigenvalue weighted by atomic mass is 19.1. The summed E-state index contributed by atoms with van der Waals surface area (Å²) in [5.41, 5.74) is 3.21. The van der Waals surface area contributed by atoms with Gasteiger partial charge >= 0.3 is 0 Å². The van der Waals surface area contributed by atoms with Gasteiger partial charge in [-0.2, -0.15) is 0 Å². The van der Waals surface area contributed by atoms with Crippen LogP contribution in [0.2, 0.25) is 0 Å². The Hall–Kier alpha value is -2.20. The number of amides is 1. The quantitative estimate of drug-likeness (QED) is 0.836. The lowest BCUT2D eigenvalue weighted by molar-refractivity contribution is -0.121. The molecule has 1 fully saturated rings. The molecule has 1 aliphatic heterocycles. The van der Waals surface area contributed by atoms with Gasteiger partial charge in [0.2, 0.25) is 5.91 Å². The lowest BCUT2D eigenvalue weighted by Gasteiger charge is -2.32. The summed E-state index contributed by atoms with van der Waals surface area (Å²) in [7, 11) is 0. The number of rotatable bonds is 5. The molecule has 1 amide bonds. The largest absolute Gasteiger partial charge is 0.326 e. The number of anilines is 1. The third kappa shape index (κ3) is 4.92. The zero-order chi connectivity index (χ0) is 18.5. The summed E-state index contributed by atoms with van der Waals surface area (Å²) >= 11 is 0. The van der Waals surface area contributed by atoms with E-state index in [9.17, 15) is 9.18 Å². The highest BCUT2D eigenvalue weighted by Gasteiger charge is 2.25. The van der Waals surface area contributed by atoms with Crippen molar-refractivity contribution in [3.05, 3.63) is 65.5 Å². The van der Waals surface area contributed by atoms with Crippen LogP contribution in [0, 0.1) is 11.7 Å². The standard InChI is InChI=1S/C22H27FN2O/c1-16(2)18-7-11-21(12-8-18)24-22(26)19-4-3-13-25(15-19)14-17-5-9-20(23)10-6-17/h5-12,16,19H,3-4,13-15H2,1-2H3,(H,24,26)/t19-/m1/s1. The fourth-order valence-electron chi connectivity index (χ4n) is 3.46. The molecule has 0 unspecified atom stereocenters. The summed E-state index contributed by atoms with van der Waals surface area (Å²) in [6.45, 7) is 6.79. The Morgan fingerprint density at radius 1 is 1.15 bits per heavy atom. The van der Waals surface area contributed by atoms with Crippen LogP contribution in [0.5, 0.6) is 0 Å². The molecule has 26 heavy (non-hydrogen) atoms. The molecule has 0 spiro atoms. The second kappa shape index (κ2) is 8.45. The number of benzene rings is 2. The number of halogens is 1. The average Bonchev–Trinajstić information content (AvgIpc) is 2.64. The molecule has 0 aliphatic carbocycles. The Kier molecular flexibility index (Phi) is 6.04. The molecular weight excluding hydrogens is 327 g/mol. The Labute approximate surface area is 155 Å². The number of likely N-dealkylation sites (tertiary alicyclic amines) is 1. The molecule has 2 aromatic carbocycles. The van der Waals surface area contributed by atoms with Gasteiger partial charge in [-0.25, -0.2) is 4.39 Å². The molecule has 3 rings (SSSR count). The fourth-order valence-corrected chi connectivity index (χ4v) is 3.46. The first-order chi connectivity index (χ1) is 12.5. The lowest BCUT2D eigenvalue weighted by atomic mass is 9.96. The van der Waals surface area contributed by atoms with Crippen molar-refractivity contribution in [2.24, 2.45) is 5.92 Å². The molecule has 138 valence electrons. The highest BCUT2D eigenvalue weighted by molar-refractivity contribution is 5.92. The minimum absolute atomic E-state index is 0.00558. The van der Waals surface area contributed by atoms with E-state index in [1.165, 1.54) is 17.7 Å². The SMILES string of the molecule is CC(C)c1ccc(NC(=O)[C@@H]2CCCN(Cc3ccc(F)cc3)C2)cc1. The predicted molar refractivity (Wildman–Crippen MR) is 104 cm³/mol. The van der Waals surface area contributed by atoms with Gasteiger partial charge in [0.15, 0.2) is 0 Å². The van der Waals surface area contributed by atoms with E-state index in [-0.39, 0.29) is 17.6 Å². The molecule has 0 bridgehead atoms. The van der Waals surface area contributed by atoms with Crippen molar-refractivity contribution in [3.63, 3.8) is 0 Å². The highest BCUT2D eigenvalue weighted by Crippen LogP contribution is 2.22. The molecule has 2 aromatic rings. The van der Waals surface area contributed by atoms with Crippen molar-refractivity contribution < 1.29 is 9.18 Å². The Morgan fingerprint density at radius 3 is 2.50 bits per heavy atom. The fraction of sp³-hybridized carbons (Fsp3) is 0.409. The van der Waals surface area contributed by atoms with Gasteiger partial charge in [-0.3, -0.25) is 9.69 Å². The molecule has 0 radical (unpaired) electrons. The summed E-state index contributed by atoms with van der Waals surface area (Å²) in [6.07, 6.45) is 1.92. The maximum Gasteiger partial charge on any atom is 0.228 e. The number of nitrogens with zero attached hydrogens (tertiary/aromatic N) is 1. The first kappa shape index (κ1) is 18.6. The Balaban J connectivity index is 1.56. The molecule has 1 heterocycles. The summed E-state index contributed by atoms with van der Waals surface area (Å²) in [4.78, 5) is 14.9. The van der Waals surface area contributed by atoms with Gasteiger partial charge < -0.3 is 5.32 Å². The van der Waals surface area contributed by atoms with Crippen LogP contribution in [0.15, 0.2) is 48.5 Å². The van der Waals surface area contributed by atoms with Crippen molar-refractivity contribution in [2.75, 3.05) is 18.4 Å². The average molecular weight is 354 g/mol. The van der Waals surface area contributed by atoms with E-state index in [0.717, 1.165) is 43.7 Å². The first-order valence-corrected chi connectivity index (χ1v) is 9.39. The third-order valence-electron chi connectivity index (χ3n) is 5.04. The maximum atomic E-state index is 13.0. The summed E-state index contributed by atoms with van der Waals surface area (Å²) in [5.74, 6) is 0.353. The van der Waals surface area contributed by atoms with E-state index in [1.54, 1.807) is 0 Å². The topological polar surface area (TPSA) is 32.3 Å². The van der Waals surface area contributed by atoms with Crippen LogP contribution < -0.4 is 5.32 Å². The summed E-state index contributed by atoms with van der Waals surface area (Å²) in [5, 5.41) is 3.05. The van der Waals surface area contributed by atoms with E-state index >= 15 is 0 Å². The van der Waals surface area contributed by atoms with Gasteiger partial charge in [0.25, 0.3) is 0 Å². The van der Waals surface area contributed by atoms with Gasteiger partial charge in [-0.1, -0.05) is 38.1 Å². The minimum Gasteiger partial charge on any atom is -0.326 e. The van der Waals surface area contributed by atoms with Crippen molar-refractivity contribution in [1.29, 1.82) is 0 Å². The van der Waals surface area contributed by atoms with E-state index in [0.29, 0.717) is 5.92 Å². The molecule has 4 heteroatoms. The smallest absolute Gasteiger partial charge is 0.228 e. The molecule has 0 aromatic heterocycles. The molecular formula is C22H27FN2O. The van der Waals surface area contributed by atoms with Gasteiger partial charge in [0, 0.05) is 18.8 Å². The van der Waals surface area contributed by atoms with Crippen LogP contribution >= 0.6 is 0 Å².